The number of nitro benzene ring substituents is 1. The molecule has 1 aromatic heterocycles. The van der Waals surface area contributed by atoms with Crippen LogP contribution in [0.4, 0.5) is 11.4 Å². The molecule has 0 radical (unpaired) electrons. The van der Waals surface area contributed by atoms with Gasteiger partial charge < -0.3 is 9.88 Å². The maximum Gasteiger partial charge on any atom is 0.271 e. The monoisotopic (exact) mass is 285 g/mol. The number of nitrogens with one attached hydrogen (secondary N) is 1. The summed E-state index contributed by atoms with van der Waals surface area (Å²) in [4.78, 5) is 37.8. The number of rotatable bonds is 2. The summed E-state index contributed by atoms with van der Waals surface area (Å²) in [7, 11) is 0. The number of fused-ring (bicyclic) bond motifs is 1. The molecule has 2 heterocycles. The summed E-state index contributed by atoms with van der Waals surface area (Å²) >= 11 is 0. The van der Waals surface area contributed by atoms with Crippen LogP contribution in [0.5, 0.6) is 0 Å². The second-order valence-corrected chi connectivity index (χ2v) is 4.72. The van der Waals surface area contributed by atoms with E-state index in [0.717, 1.165) is 5.56 Å². The molecule has 7 nitrogen and oxygen atoms in total. The first-order valence-electron chi connectivity index (χ1n) is 6.34. The number of hydrogen-bond donors (Lipinski definition) is 1. The zero-order valence-electron chi connectivity index (χ0n) is 10.9. The van der Waals surface area contributed by atoms with Gasteiger partial charge in [-0.05, 0) is 18.1 Å². The Hall–Kier alpha value is -2.96. The Kier molecular flexibility index (Phi) is 3.02. The zero-order chi connectivity index (χ0) is 15.0. The fourth-order valence-corrected chi connectivity index (χ4v) is 2.39. The predicted octanol–water partition coefficient (Wildman–Crippen LogP) is 1.49. The second kappa shape index (κ2) is 4.86. The third-order valence-corrected chi connectivity index (χ3v) is 3.45. The minimum atomic E-state index is -0.485. The molecule has 1 N–H and O–H groups in total. The lowest BCUT2D eigenvalue weighted by Crippen LogP contribution is -2.29. The van der Waals surface area contributed by atoms with Gasteiger partial charge in [-0.2, -0.15) is 0 Å². The molecule has 0 bridgehead atoms. The molecule has 0 fully saturated rings. The Balaban J connectivity index is 1.98. The van der Waals surface area contributed by atoms with E-state index < -0.39 is 4.92 Å². The van der Waals surface area contributed by atoms with Crippen LogP contribution in [0.3, 0.4) is 0 Å². The summed E-state index contributed by atoms with van der Waals surface area (Å²) in [6.07, 6.45) is 2.00. The standard InChI is InChI=1S/C14H11N3O4/c18-13-4-2-10(8-15-13)14(19)16-6-5-9-1-3-11(17(20)21)7-12(9)16/h1-4,7-8H,5-6H2,(H,15,18). The van der Waals surface area contributed by atoms with Crippen molar-refractivity contribution in [3.05, 3.63) is 68.1 Å². The largest absolute Gasteiger partial charge is 0.328 e. The number of aromatic nitrogens is 1. The molecule has 3 rings (SSSR count). The van der Waals surface area contributed by atoms with E-state index in [1.165, 1.54) is 35.4 Å². The fourth-order valence-electron chi connectivity index (χ4n) is 2.39. The number of non-ortho nitro benzene ring substituents is 1. The van der Waals surface area contributed by atoms with Crippen molar-refractivity contribution >= 4 is 17.3 Å². The molecule has 0 spiro atoms. The number of H-pyrrole nitrogens is 1. The molecule has 7 heteroatoms. The summed E-state index contributed by atoms with van der Waals surface area (Å²) in [6.45, 7) is 0.467. The summed E-state index contributed by atoms with van der Waals surface area (Å²) < 4.78 is 0. The van der Waals surface area contributed by atoms with Crippen molar-refractivity contribution in [1.29, 1.82) is 0 Å². The number of pyridine rings is 1. The maximum atomic E-state index is 12.4. The highest BCUT2D eigenvalue weighted by molar-refractivity contribution is 6.07. The highest BCUT2D eigenvalue weighted by atomic mass is 16.6. The van der Waals surface area contributed by atoms with Crippen molar-refractivity contribution in [2.45, 2.75) is 6.42 Å². The number of anilines is 1. The molecule has 0 saturated carbocycles. The summed E-state index contributed by atoms with van der Waals surface area (Å²) in [6, 6.07) is 7.24. The number of aromatic amines is 1. The molecule has 0 unspecified atom stereocenters. The molecular formula is C14H11N3O4. The van der Waals surface area contributed by atoms with Gasteiger partial charge in [-0.25, -0.2) is 0 Å². The Morgan fingerprint density at radius 2 is 2.10 bits per heavy atom. The first kappa shape index (κ1) is 13.0. The molecule has 2 aromatic rings. The third-order valence-electron chi connectivity index (χ3n) is 3.45. The van der Waals surface area contributed by atoms with Crippen molar-refractivity contribution in [3.63, 3.8) is 0 Å². The minimum absolute atomic E-state index is 0.0464. The van der Waals surface area contributed by atoms with Crippen LogP contribution >= 0.6 is 0 Å². The van der Waals surface area contributed by atoms with Gasteiger partial charge in [0, 0.05) is 30.9 Å². The highest BCUT2D eigenvalue weighted by Gasteiger charge is 2.27. The van der Waals surface area contributed by atoms with Crippen LogP contribution in [0.1, 0.15) is 15.9 Å². The minimum Gasteiger partial charge on any atom is -0.328 e. The molecule has 1 aliphatic rings. The lowest BCUT2D eigenvalue weighted by Gasteiger charge is -2.16. The van der Waals surface area contributed by atoms with Gasteiger partial charge in [0.2, 0.25) is 5.56 Å². The molecule has 0 aliphatic carbocycles. The van der Waals surface area contributed by atoms with Crippen molar-refractivity contribution in [2.75, 3.05) is 11.4 Å². The molecule has 1 amide bonds. The number of nitrogens with zero attached hydrogens (tertiary/aromatic N) is 2. The van der Waals surface area contributed by atoms with Crippen molar-refractivity contribution in [2.24, 2.45) is 0 Å². The molecule has 0 atom stereocenters. The number of hydrogen-bond acceptors (Lipinski definition) is 4. The van der Waals surface area contributed by atoms with E-state index >= 15 is 0 Å². The quantitative estimate of drug-likeness (QED) is 0.667. The molecule has 1 aromatic carbocycles. The van der Waals surface area contributed by atoms with E-state index in [1.54, 1.807) is 6.07 Å². The normalized spacial score (nSPS) is 13.0. The van der Waals surface area contributed by atoms with Gasteiger partial charge >= 0.3 is 0 Å². The van der Waals surface area contributed by atoms with E-state index in [9.17, 15) is 19.7 Å². The maximum absolute atomic E-state index is 12.4. The van der Waals surface area contributed by atoms with Gasteiger partial charge in [0.05, 0.1) is 16.2 Å². The first-order valence-corrected chi connectivity index (χ1v) is 6.34. The lowest BCUT2D eigenvalue weighted by molar-refractivity contribution is -0.384. The molecule has 106 valence electrons. The van der Waals surface area contributed by atoms with Crippen LogP contribution in [0.2, 0.25) is 0 Å². The van der Waals surface area contributed by atoms with E-state index in [2.05, 4.69) is 4.98 Å². The second-order valence-electron chi connectivity index (χ2n) is 4.72. The van der Waals surface area contributed by atoms with Gasteiger partial charge in [-0.1, -0.05) is 6.07 Å². The third kappa shape index (κ3) is 2.29. The highest BCUT2D eigenvalue weighted by Crippen LogP contribution is 2.32. The Morgan fingerprint density at radius 3 is 2.76 bits per heavy atom. The van der Waals surface area contributed by atoms with Gasteiger partial charge in [0.25, 0.3) is 11.6 Å². The van der Waals surface area contributed by atoms with Crippen LogP contribution < -0.4 is 10.5 Å². The van der Waals surface area contributed by atoms with E-state index in [0.29, 0.717) is 24.2 Å². The zero-order valence-corrected chi connectivity index (χ0v) is 10.9. The van der Waals surface area contributed by atoms with Gasteiger partial charge in [0.15, 0.2) is 0 Å². The predicted molar refractivity (Wildman–Crippen MR) is 75.5 cm³/mol. The van der Waals surface area contributed by atoms with Crippen LogP contribution in [0.15, 0.2) is 41.3 Å². The molecular weight excluding hydrogens is 274 g/mol. The van der Waals surface area contributed by atoms with E-state index in [1.807, 2.05) is 0 Å². The van der Waals surface area contributed by atoms with E-state index in [4.69, 9.17) is 0 Å². The molecule has 1 aliphatic heterocycles. The molecule has 21 heavy (non-hydrogen) atoms. The van der Waals surface area contributed by atoms with Gasteiger partial charge in [-0.3, -0.25) is 19.7 Å². The van der Waals surface area contributed by atoms with Crippen molar-refractivity contribution < 1.29 is 9.72 Å². The van der Waals surface area contributed by atoms with Crippen molar-refractivity contribution in [1.82, 2.24) is 4.98 Å². The SMILES string of the molecule is O=C(c1ccc(=O)[nH]c1)N1CCc2ccc([N+](=O)[O-])cc21. The Morgan fingerprint density at radius 1 is 1.29 bits per heavy atom. The van der Waals surface area contributed by atoms with Crippen LogP contribution in [-0.2, 0) is 6.42 Å². The van der Waals surface area contributed by atoms with Gasteiger partial charge in [-0.15, -0.1) is 0 Å². The number of benzene rings is 1. The number of amides is 1. The number of carbonyl (C=O) groups is 1. The van der Waals surface area contributed by atoms with Crippen LogP contribution in [0.25, 0.3) is 0 Å². The Bertz CT molecular complexity index is 777. The van der Waals surface area contributed by atoms with E-state index in [-0.39, 0.29) is 17.2 Å². The van der Waals surface area contributed by atoms with Crippen LogP contribution in [0, 0.1) is 10.1 Å². The molecule has 0 saturated heterocycles. The van der Waals surface area contributed by atoms with Crippen molar-refractivity contribution in [3.8, 4) is 0 Å². The summed E-state index contributed by atoms with van der Waals surface area (Å²) in [5.41, 5.74) is 1.46. The number of nitro groups is 1. The average molecular weight is 285 g/mol. The smallest absolute Gasteiger partial charge is 0.271 e. The number of carbonyl (C=O) groups excluding carboxylic acids is 1. The topological polar surface area (TPSA) is 96.3 Å². The average Bonchev–Trinajstić information content (AvgIpc) is 2.90. The van der Waals surface area contributed by atoms with Gasteiger partial charge in [0.1, 0.15) is 0 Å². The summed E-state index contributed by atoms with van der Waals surface area (Å²) in [5, 5.41) is 10.8. The fraction of sp³-hybridized carbons (Fsp3) is 0.143. The Labute approximate surface area is 119 Å². The van der Waals surface area contributed by atoms with Crippen LogP contribution in [-0.4, -0.2) is 22.4 Å². The first-order chi connectivity index (χ1) is 10.1. The summed E-state index contributed by atoms with van der Waals surface area (Å²) in [5.74, 6) is -0.287. The lowest BCUT2D eigenvalue weighted by atomic mass is 10.1.